The molecule has 0 bridgehead atoms. The van der Waals surface area contributed by atoms with Gasteiger partial charge in [-0.25, -0.2) is 9.67 Å². The molecule has 0 radical (unpaired) electrons. The number of amides is 1. The van der Waals surface area contributed by atoms with E-state index in [0.717, 1.165) is 37.2 Å². The van der Waals surface area contributed by atoms with Crippen LogP contribution in [-0.2, 0) is 11.3 Å². The summed E-state index contributed by atoms with van der Waals surface area (Å²) in [6.45, 7) is 1.27. The fraction of sp³-hybridized carbons (Fsp3) is 0.550. The van der Waals surface area contributed by atoms with Crippen LogP contribution in [0.5, 0.6) is 0 Å². The van der Waals surface area contributed by atoms with Gasteiger partial charge in [0.1, 0.15) is 11.9 Å². The van der Waals surface area contributed by atoms with Crippen LogP contribution in [0.2, 0.25) is 0 Å². The monoisotopic (exact) mass is 354 g/mol. The summed E-state index contributed by atoms with van der Waals surface area (Å²) in [7, 11) is 0. The maximum absolute atomic E-state index is 12.0. The topological polar surface area (TPSA) is 71.2 Å². The summed E-state index contributed by atoms with van der Waals surface area (Å²) in [5.74, 6) is 1.42. The molecule has 1 saturated carbocycles. The van der Waals surface area contributed by atoms with E-state index in [1.165, 1.54) is 19.3 Å². The third kappa shape index (κ3) is 3.51. The number of hydrogen-bond donors (Lipinski definition) is 1. The molecule has 2 aromatic rings. The summed E-state index contributed by atoms with van der Waals surface area (Å²) in [4.78, 5) is 18.6. The highest BCUT2D eigenvalue weighted by Crippen LogP contribution is 2.30. The Kier molecular flexibility index (Phi) is 5.02. The van der Waals surface area contributed by atoms with E-state index in [1.54, 1.807) is 0 Å². The van der Waals surface area contributed by atoms with E-state index in [4.69, 9.17) is 5.10 Å². The smallest absolute Gasteiger partial charge is 0.223 e. The van der Waals surface area contributed by atoms with Gasteiger partial charge in [-0.05, 0) is 24.8 Å². The van der Waals surface area contributed by atoms with Crippen molar-refractivity contribution in [3.05, 3.63) is 47.5 Å². The van der Waals surface area contributed by atoms with E-state index in [-0.39, 0.29) is 5.91 Å². The quantitative estimate of drug-likeness (QED) is 0.896. The van der Waals surface area contributed by atoms with Crippen LogP contribution in [0.15, 0.2) is 30.3 Å². The van der Waals surface area contributed by atoms with Gasteiger partial charge in [0.25, 0.3) is 0 Å². The molecule has 1 aromatic carbocycles. The van der Waals surface area contributed by atoms with Crippen LogP contribution in [0.4, 0.5) is 0 Å². The predicted molar refractivity (Wildman–Crippen MR) is 97.3 cm³/mol. The van der Waals surface area contributed by atoms with E-state index in [2.05, 4.69) is 4.98 Å². The highest BCUT2D eigenvalue weighted by molar-refractivity contribution is 5.77. The average Bonchev–Trinajstić information content (AvgIpc) is 3.29. The number of carbonyl (C=O) groups is 1. The number of hydrogen-bond acceptors (Lipinski definition) is 4. The highest BCUT2D eigenvalue weighted by Gasteiger charge is 2.27. The summed E-state index contributed by atoms with van der Waals surface area (Å²) in [5, 5.41) is 15.4. The first-order valence-corrected chi connectivity index (χ1v) is 9.68. The molecule has 1 aliphatic carbocycles. The molecule has 4 rings (SSSR count). The lowest BCUT2D eigenvalue weighted by Crippen LogP contribution is -2.27. The van der Waals surface area contributed by atoms with Gasteiger partial charge in [0.05, 0.1) is 12.6 Å². The Morgan fingerprint density at radius 1 is 1.12 bits per heavy atom. The molecule has 2 heterocycles. The van der Waals surface area contributed by atoms with E-state index in [9.17, 15) is 9.90 Å². The van der Waals surface area contributed by atoms with E-state index in [0.29, 0.717) is 24.8 Å². The van der Waals surface area contributed by atoms with Gasteiger partial charge in [-0.1, -0.05) is 49.6 Å². The molecule has 1 N–H and O–H groups in total. The van der Waals surface area contributed by atoms with Gasteiger partial charge in [-0.15, -0.1) is 0 Å². The first-order chi connectivity index (χ1) is 12.7. The summed E-state index contributed by atoms with van der Waals surface area (Å²) in [5.41, 5.74) is 0.789. The Morgan fingerprint density at radius 2 is 1.88 bits per heavy atom. The summed E-state index contributed by atoms with van der Waals surface area (Å²) < 4.78 is 1.99. The summed E-state index contributed by atoms with van der Waals surface area (Å²) >= 11 is 0. The highest BCUT2D eigenvalue weighted by atomic mass is 16.3. The first kappa shape index (κ1) is 17.2. The van der Waals surface area contributed by atoms with Gasteiger partial charge in [-0.3, -0.25) is 4.79 Å². The molecule has 0 spiro atoms. The fourth-order valence-electron chi connectivity index (χ4n) is 4.04. The Morgan fingerprint density at radius 3 is 2.58 bits per heavy atom. The normalized spacial score (nSPS) is 19.9. The van der Waals surface area contributed by atoms with Crippen LogP contribution in [0.1, 0.15) is 74.3 Å². The first-order valence-electron chi connectivity index (χ1n) is 9.68. The number of carbonyl (C=O) groups excluding carboxylic acids is 1. The minimum absolute atomic E-state index is 0.188. The van der Waals surface area contributed by atoms with Crippen molar-refractivity contribution in [3.63, 3.8) is 0 Å². The molecule has 1 atom stereocenters. The Labute approximate surface area is 153 Å². The summed E-state index contributed by atoms with van der Waals surface area (Å²) in [6, 6.07) is 9.82. The predicted octanol–water partition coefficient (Wildman–Crippen LogP) is 2.99. The molecule has 2 fully saturated rings. The summed E-state index contributed by atoms with van der Waals surface area (Å²) in [6.07, 6.45) is 6.54. The number of benzene rings is 1. The molecule has 1 amide bonds. The van der Waals surface area contributed by atoms with E-state index < -0.39 is 6.10 Å². The van der Waals surface area contributed by atoms with Crippen LogP contribution >= 0.6 is 0 Å². The van der Waals surface area contributed by atoms with Crippen LogP contribution < -0.4 is 0 Å². The average molecular weight is 354 g/mol. The number of aliphatic hydroxyl groups excluding tert-OH is 1. The number of likely N-dealkylation sites (tertiary alicyclic amines) is 1. The van der Waals surface area contributed by atoms with E-state index in [1.807, 2.05) is 39.9 Å². The molecular formula is C20H26N4O2. The number of aromatic nitrogens is 3. The van der Waals surface area contributed by atoms with Gasteiger partial charge in [0.15, 0.2) is 5.82 Å². The second-order valence-corrected chi connectivity index (χ2v) is 7.35. The second kappa shape index (κ2) is 7.58. The largest absolute Gasteiger partial charge is 0.380 e. The van der Waals surface area contributed by atoms with Crippen molar-refractivity contribution < 1.29 is 9.90 Å². The zero-order valence-electron chi connectivity index (χ0n) is 15.0. The maximum atomic E-state index is 12.0. The van der Waals surface area contributed by atoms with Crippen molar-refractivity contribution >= 4 is 5.91 Å². The Bertz CT molecular complexity index is 752. The SMILES string of the molecule is O=C1CCCN1Cc1nc([C@@H](O)c2ccccc2)nn1C1CCCCC1. The van der Waals surface area contributed by atoms with Crippen molar-refractivity contribution in [1.29, 1.82) is 0 Å². The van der Waals surface area contributed by atoms with Crippen LogP contribution in [0.3, 0.4) is 0 Å². The standard InChI is InChI=1S/C20H26N4O2/c25-18-12-7-13-23(18)14-17-21-20(19(26)15-8-3-1-4-9-15)22-24(17)16-10-5-2-6-11-16/h1,3-4,8-9,16,19,26H,2,5-7,10-14H2/t19-/m0/s1. The number of rotatable bonds is 5. The third-order valence-corrected chi connectivity index (χ3v) is 5.50. The molecule has 0 unspecified atom stereocenters. The second-order valence-electron chi connectivity index (χ2n) is 7.35. The molecule has 6 heteroatoms. The lowest BCUT2D eigenvalue weighted by atomic mass is 9.95. The van der Waals surface area contributed by atoms with Gasteiger partial charge in [0, 0.05) is 13.0 Å². The number of nitrogens with zero attached hydrogens (tertiary/aromatic N) is 4. The minimum Gasteiger partial charge on any atom is -0.380 e. The Balaban J connectivity index is 1.63. The third-order valence-electron chi connectivity index (χ3n) is 5.50. The lowest BCUT2D eigenvalue weighted by Gasteiger charge is -2.24. The van der Waals surface area contributed by atoms with Gasteiger partial charge < -0.3 is 10.0 Å². The van der Waals surface area contributed by atoms with Crippen LogP contribution in [0, 0.1) is 0 Å². The number of aliphatic hydroxyl groups is 1. The maximum Gasteiger partial charge on any atom is 0.223 e. The molecule has 1 aliphatic heterocycles. The van der Waals surface area contributed by atoms with Crippen LogP contribution in [-0.4, -0.2) is 37.2 Å². The van der Waals surface area contributed by atoms with Gasteiger partial charge in [-0.2, -0.15) is 5.10 Å². The fourth-order valence-corrected chi connectivity index (χ4v) is 4.04. The zero-order valence-corrected chi connectivity index (χ0v) is 15.0. The van der Waals surface area contributed by atoms with Crippen molar-refractivity contribution in [1.82, 2.24) is 19.7 Å². The minimum atomic E-state index is -0.839. The van der Waals surface area contributed by atoms with Gasteiger partial charge >= 0.3 is 0 Å². The van der Waals surface area contributed by atoms with Crippen molar-refractivity contribution in [2.24, 2.45) is 0 Å². The molecule has 1 saturated heterocycles. The molecular weight excluding hydrogens is 328 g/mol. The van der Waals surface area contributed by atoms with Crippen molar-refractivity contribution in [2.45, 2.75) is 63.6 Å². The molecule has 26 heavy (non-hydrogen) atoms. The Hall–Kier alpha value is -2.21. The van der Waals surface area contributed by atoms with Crippen molar-refractivity contribution in [2.75, 3.05) is 6.54 Å². The van der Waals surface area contributed by atoms with Crippen molar-refractivity contribution in [3.8, 4) is 0 Å². The van der Waals surface area contributed by atoms with Gasteiger partial charge in [0.2, 0.25) is 5.91 Å². The lowest BCUT2D eigenvalue weighted by molar-refractivity contribution is -0.128. The molecule has 1 aromatic heterocycles. The molecule has 138 valence electrons. The van der Waals surface area contributed by atoms with Crippen LogP contribution in [0.25, 0.3) is 0 Å². The van der Waals surface area contributed by atoms with E-state index >= 15 is 0 Å². The molecule has 6 nitrogen and oxygen atoms in total. The zero-order chi connectivity index (χ0) is 17.9. The molecule has 2 aliphatic rings.